The van der Waals surface area contributed by atoms with Gasteiger partial charge in [0.15, 0.2) is 0 Å². The van der Waals surface area contributed by atoms with E-state index >= 15 is 0 Å². The highest BCUT2D eigenvalue weighted by molar-refractivity contribution is 6.30. The van der Waals surface area contributed by atoms with Gasteiger partial charge < -0.3 is 5.11 Å². The minimum atomic E-state index is -0.319. The van der Waals surface area contributed by atoms with E-state index in [0.29, 0.717) is 10.6 Å². The first-order valence-electron chi connectivity index (χ1n) is 3.71. The fourth-order valence-electron chi connectivity index (χ4n) is 0.991. The summed E-state index contributed by atoms with van der Waals surface area (Å²) in [6.07, 6.45) is 0. The molecule has 1 rings (SSSR count). The lowest BCUT2D eigenvalue weighted by Crippen LogP contribution is -2.01. The molecule has 0 bridgehead atoms. The molecule has 12 heavy (non-hydrogen) atoms. The molecule has 66 valence electrons. The van der Waals surface area contributed by atoms with Crippen molar-refractivity contribution in [3.05, 3.63) is 34.6 Å². The molecule has 0 fully saturated rings. The molecule has 1 atom stereocenters. The van der Waals surface area contributed by atoms with E-state index in [1.54, 1.807) is 6.92 Å². The minimum Gasteiger partial charge on any atom is -0.396 e. The Hall–Kier alpha value is -0.600. The van der Waals surface area contributed by atoms with Gasteiger partial charge in [-0.1, -0.05) is 18.5 Å². The molecule has 1 unspecified atom stereocenters. The molecule has 1 N–H and O–H groups in total. The van der Waals surface area contributed by atoms with Gasteiger partial charge >= 0.3 is 0 Å². The van der Waals surface area contributed by atoms with Gasteiger partial charge in [0.2, 0.25) is 0 Å². The summed E-state index contributed by atoms with van der Waals surface area (Å²) in [5.74, 6) is -0.523. The van der Waals surface area contributed by atoms with Crippen LogP contribution in [0.1, 0.15) is 18.4 Å². The molecular formula is C9H10ClFO. The zero-order chi connectivity index (χ0) is 9.14. The van der Waals surface area contributed by atoms with Crippen molar-refractivity contribution in [3.8, 4) is 0 Å². The number of aliphatic hydroxyl groups excluding tert-OH is 1. The third-order valence-electron chi connectivity index (χ3n) is 1.76. The summed E-state index contributed by atoms with van der Waals surface area (Å²) < 4.78 is 13.0. The van der Waals surface area contributed by atoms with Gasteiger partial charge in [-0.05, 0) is 23.8 Å². The Morgan fingerprint density at radius 1 is 1.58 bits per heavy atom. The Balaban J connectivity index is 3.04. The van der Waals surface area contributed by atoms with Crippen LogP contribution in [0.15, 0.2) is 18.2 Å². The van der Waals surface area contributed by atoms with Crippen LogP contribution in [0.2, 0.25) is 5.02 Å². The molecule has 0 aliphatic heterocycles. The second kappa shape index (κ2) is 3.87. The normalized spacial score (nSPS) is 13.0. The van der Waals surface area contributed by atoms with Gasteiger partial charge in [-0.25, -0.2) is 4.39 Å². The minimum absolute atomic E-state index is 0.0722. The van der Waals surface area contributed by atoms with Crippen molar-refractivity contribution in [2.45, 2.75) is 12.8 Å². The van der Waals surface area contributed by atoms with E-state index in [9.17, 15) is 4.39 Å². The van der Waals surface area contributed by atoms with E-state index in [0.717, 1.165) is 0 Å². The molecule has 0 aromatic heterocycles. The van der Waals surface area contributed by atoms with Gasteiger partial charge in [-0.15, -0.1) is 0 Å². The Morgan fingerprint density at radius 2 is 2.25 bits per heavy atom. The summed E-state index contributed by atoms with van der Waals surface area (Å²) >= 11 is 5.67. The van der Waals surface area contributed by atoms with Crippen molar-refractivity contribution in [2.24, 2.45) is 0 Å². The maximum Gasteiger partial charge on any atom is 0.126 e. The largest absolute Gasteiger partial charge is 0.396 e. The predicted octanol–water partition coefficient (Wildman–Crippen LogP) is 2.57. The van der Waals surface area contributed by atoms with Gasteiger partial charge in [0.1, 0.15) is 5.82 Å². The number of halogens is 2. The molecule has 3 heteroatoms. The number of benzene rings is 1. The highest BCUT2D eigenvalue weighted by atomic mass is 35.5. The van der Waals surface area contributed by atoms with Gasteiger partial charge in [0.25, 0.3) is 0 Å². The van der Waals surface area contributed by atoms with Crippen molar-refractivity contribution < 1.29 is 9.50 Å². The van der Waals surface area contributed by atoms with Gasteiger partial charge in [0.05, 0.1) is 0 Å². The van der Waals surface area contributed by atoms with Crippen molar-refractivity contribution >= 4 is 11.6 Å². The first-order valence-corrected chi connectivity index (χ1v) is 4.08. The van der Waals surface area contributed by atoms with E-state index < -0.39 is 0 Å². The molecule has 0 amide bonds. The molecule has 1 aromatic rings. The fraction of sp³-hybridized carbons (Fsp3) is 0.333. The Morgan fingerprint density at radius 3 is 2.83 bits per heavy atom. The predicted molar refractivity (Wildman–Crippen MR) is 46.9 cm³/mol. The Kier molecular flexibility index (Phi) is 3.06. The zero-order valence-corrected chi connectivity index (χ0v) is 7.48. The van der Waals surface area contributed by atoms with E-state index in [4.69, 9.17) is 16.7 Å². The first kappa shape index (κ1) is 9.49. The van der Waals surface area contributed by atoms with Crippen LogP contribution in [-0.4, -0.2) is 11.7 Å². The van der Waals surface area contributed by atoms with Crippen LogP contribution in [0.5, 0.6) is 0 Å². The summed E-state index contributed by atoms with van der Waals surface area (Å²) in [5, 5.41) is 9.29. The summed E-state index contributed by atoms with van der Waals surface area (Å²) in [7, 11) is 0. The standard InChI is InChI=1S/C9H10ClFO/c1-6(5-12)8-4-7(10)2-3-9(8)11/h2-4,6,12H,5H2,1H3. The lowest BCUT2D eigenvalue weighted by Gasteiger charge is -2.09. The third-order valence-corrected chi connectivity index (χ3v) is 2.00. The number of rotatable bonds is 2. The average molecular weight is 189 g/mol. The van der Waals surface area contributed by atoms with Crippen LogP contribution >= 0.6 is 11.6 Å². The average Bonchev–Trinajstić information content (AvgIpc) is 2.08. The van der Waals surface area contributed by atoms with Crippen LogP contribution in [0.3, 0.4) is 0 Å². The molecular weight excluding hydrogens is 179 g/mol. The van der Waals surface area contributed by atoms with Gasteiger partial charge in [-0.3, -0.25) is 0 Å². The quantitative estimate of drug-likeness (QED) is 0.757. The second-order valence-corrected chi connectivity index (χ2v) is 3.19. The van der Waals surface area contributed by atoms with Crippen molar-refractivity contribution in [1.29, 1.82) is 0 Å². The molecule has 0 aliphatic rings. The van der Waals surface area contributed by atoms with E-state index in [1.165, 1.54) is 18.2 Å². The van der Waals surface area contributed by atoms with E-state index in [1.807, 2.05) is 0 Å². The fourth-order valence-corrected chi connectivity index (χ4v) is 1.17. The molecule has 1 nitrogen and oxygen atoms in total. The van der Waals surface area contributed by atoms with Crippen LogP contribution in [-0.2, 0) is 0 Å². The molecule has 0 aliphatic carbocycles. The number of aliphatic hydroxyl groups is 1. The third kappa shape index (κ3) is 1.96. The lowest BCUT2D eigenvalue weighted by molar-refractivity contribution is 0.270. The monoisotopic (exact) mass is 188 g/mol. The SMILES string of the molecule is CC(CO)c1cc(Cl)ccc1F. The van der Waals surface area contributed by atoms with Crippen molar-refractivity contribution in [2.75, 3.05) is 6.61 Å². The van der Waals surface area contributed by atoms with Gasteiger partial charge in [0, 0.05) is 17.5 Å². The van der Waals surface area contributed by atoms with E-state index in [2.05, 4.69) is 0 Å². The molecule has 0 spiro atoms. The van der Waals surface area contributed by atoms with E-state index in [-0.39, 0.29) is 18.3 Å². The molecule has 0 radical (unpaired) electrons. The summed E-state index contributed by atoms with van der Waals surface area (Å²) in [4.78, 5) is 0. The summed E-state index contributed by atoms with van der Waals surface area (Å²) in [5.41, 5.74) is 0.463. The van der Waals surface area contributed by atoms with Crippen LogP contribution in [0.4, 0.5) is 4.39 Å². The van der Waals surface area contributed by atoms with Crippen LogP contribution in [0.25, 0.3) is 0 Å². The second-order valence-electron chi connectivity index (χ2n) is 2.75. The smallest absolute Gasteiger partial charge is 0.126 e. The van der Waals surface area contributed by atoms with Crippen molar-refractivity contribution in [1.82, 2.24) is 0 Å². The molecule has 0 saturated heterocycles. The Bertz CT molecular complexity index is 275. The molecule has 1 aromatic carbocycles. The zero-order valence-electron chi connectivity index (χ0n) is 6.72. The number of hydrogen-bond acceptors (Lipinski definition) is 1. The molecule has 0 heterocycles. The topological polar surface area (TPSA) is 20.2 Å². The van der Waals surface area contributed by atoms with Crippen molar-refractivity contribution in [3.63, 3.8) is 0 Å². The lowest BCUT2D eigenvalue weighted by atomic mass is 10.0. The Labute approximate surface area is 75.8 Å². The highest BCUT2D eigenvalue weighted by Crippen LogP contribution is 2.22. The maximum atomic E-state index is 13.0. The maximum absolute atomic E-state index is 13.0. The summed E-state index contributed by atoms with van der Waals surface area (Å²) in [6.45, 7) is 1.67. The van der Waals surface area contributed by atoms with Gasteiger partial charge in [-0.2, -0.15) is 0 Å². The summed E-state index contributed by atoms with van der Waals surface area (Å²) in [6, 6.07) is 4.34. The highest BCUT2D eigenvalue weighted by Gasteiger charge is 2.09. The molecule has 0 saturated carbocycles. The van der Waals surface area contributed by atoms with Crippen LogP contribution in [0, 0.1) is 5.82 Å². The van der Waals surface area contributed by atoms with Crippen LogP contribution < -0.4 is 0 Å². The first-order chi connectivity index (χ1) is 5.65. The number of hydrogen-bond donors (Lipinski definition) is 1.